The number of unbranched alkanes of at least 4 members (excludes halogenated alkanes) is 4. The Balaban J connectivity index is 4.52. The molecule has 0 unspecified atom stereocenters. The number of carboxylic acids is 2. The van der Waals surface area contributed by atoms with Gasteiger partial charge in [0.1, 0.15) is 0 Å². The number of hydrogen-bond acceptors (Lipinski definition) is 4. The third-order valence-corrected chi connectivity index (χ3v) is 4.34. The zero-order chi connectivity index (χ0) is 19.0. The second-order valence-corrected chi connectivity index (χ2v) is 6.18. The molecule has 2 N–H and O–H groups in total. The second-order valence-electron chi connectivity index (χ2n) is 6.18. The van der Waals surface area contributed by atoms with E-state index in [1.807, 2.05) is 0 Å². The lowest BCUT2D eigenvalue weighted by Gasteiger charge is -2.29. The van der Waals surface area contributed by atoms with Gasteiger partial charge >= 0.3 is 11.9 Å². The highest BCUT2D eigenvalue weighted by Gasteiger charge is 2.37. The van der Waals surface area contributed by atoms with Gasteiger partial charge in [-0.15, -0.1) is 0 Å². The third-order valence-electron chi connectivity index (χ3n) is 4.34. The standard InChI is InChI=1S/C19H32O6/c1-3-24-15-9-5-7-12-19(18(22)23,14-11-17(20)21)13-8-6-10-16-25-4-2/h3-4H,1-2,5-16H2,(H,20,21)(H,22,23). The first-order chi connectivity index (χ1) is 12.0. The predicted octanol–water partition coefficient (Wildman–Crippen LogP) is 4.36. The average Bonchev–Trinajstić information content (AvgIpc) is 2.57. The highest BCUT2D eigenvalue weighted by molar-refractivity contribution is 5.76. The number of ether oxygens (including phenoxy) is 2. The Morgan fingerprint density at radius 2 is 1.28 bits per heavy atom. The van der Waals surface area contributed by atoms with Gasteiger partial charge in [-0.3, -0.25) is 9.59 Å². The van der Waals surface area contributed by atoms with E-state index in [1.165, 1.54) is 12.5 Å². The van der Waals surface area contributed by atoms with E-state index in [0.29, 0.717) is 26.1 Å². The van der Waals surface area contributed by atoms with Crippen molar-refractivity contribution in [2.45, 2.75) is 64.2 Å². The van der Waals surface area contributed by atoms with Gasteiger partial charge in [0.2, 0.25) is 0 Å². The van der Waals surface area contributed by atoms with Gasteiger partial charge in [-0.1, -0.05) is 38.8 Å². The van der Waals surface area contributed by atoms with Crippen molar-refractivity contribution in [3.8, 4) is 0 Å². The SMILES string of the molecule is C=COCCCCCC(CCCCCOC=C)(CCC(=O)O)C(=O)O. The topological polar surface area (TPSA) is 93.1 Å². The van der Waals surface area contributed by atoms with Crippen LogP contribution >= 0.6 is 0 Å². The monoisotopic (exact) mass is 356 g/mol. The van der Waals surface area contributed by atoms with E-state index in [1.54, 1.807) is 0 Å². The van der Waals surface area contributed by atoms with E-state index < -0.39 is 17.4 Å². The van der Waals surface area contributed by atoms with Crippen LogP contribution in [0.25, 0.3) is 0 Å². The summed E-state index contributed by atoms with van der Waals surface area (Å²) in [5.41, 5.74) is -0.961. The van der Waals surface area contributed by atoms with Crippen LogP contribution in [0.5, 0.6) is 0 Å². The van der Waals surface area contributed by atoms with E-state index in [9.17, 15) is 14.7 Å². The molecule has 0 bridgehead atoms. The van der Waals surface area contributed by atoms with Gasteiger partial charge < -0.3 is 19.7 Å². The van der Waals surface area contributed by atoms with E-state index in [0.717, 1.165) is 38.5 Å². The molecule has 0 aromatic rings. The Morgan fingerprint density at radius 1 is 0.800 bits per heavy atom. The fourth-order valence-electron chi connectivity index (χ4n) is 2.86. The molecule has 0 saturated heterocycles. The average molecular weight is 356 g/mol. The van der Waals surface area contributed by atoms with Crippen LogP contribution in [0.3, 0.4) is 0 Å². The van der Waals surface area contributed by atoms with Crippen molar-refractivity contribution in [2.24, 2.45) is 5.41 Å². The maximum atomic E-state index is 11.9. The van der Waals surface area contributed by atoms with Crippen LogP contribution in [-0.4, -0.2) is 35.4 Å². The van der Waals surface area contributed by atoms with Crippen molar-refractivity contribution < 1.29 is 29.3 Å². The molecule has 0 aromatic heterocycles. The normalized spacial score (nSPS) is 10.9. The van der Waals surface area contributed by atoms with Gasteiger partial charge in [-0.25, -0.2) is 0 Å². The number of carbonyl (C=O) groups is 2. The first kappa shape index (κ1) is 23.0. The predicted molar refractivity (Wildman–Crippen MR) is 96.2 cm³/mol. The molecule has 0 amide bonds. The largest absolute Gasteiger partial charge is 0.502 e. The summed E-state index contributed by atoms with van der Waals surface area (Å²) in [6.45, 7) is 8.09. The lowest BCUT2D eigenvalue weighted by Crippen LogP contribution is -2.32. The van der Waals surface area contributed by atoms with Crippen molar-refractivity contribution in [2.75, 3.05) is 13.2 Å². The smallest absolute Gasteiger partial charge is 0.309 e. The molecule has 0 fully saturated rings. The fourth-order valence-corrected chi connectivity index (χ4v) is 2.86. The number of carboxylic acid groups (broad SMARTS) is 2. The quantitative estimate of drug-likeness (QED) is 0.280. The van der Waals surface area contributed by atoms with Crippen molar-refractivity contribution in [1.82, 2.24) is 0 Å². The minimum atomic E-state index is -0.961. The van der Waals surface area contributed by atoms with Crippen LogP contribution in [0.2, 0.25) is 0 Å². The number of rotatable bonds is 18. The van der Waals surface area contributed by atoms with Gasteiger partial charge in [-0.05, 0) is 32.1 Å². The van der Waals surface area contributed by atoms with Crippen LogP contribution in [-0.2, 0) is 19.1 Å². The van der Waals surface area contributed by atoms with Crippen LogP contribution < -0.4 is 0 Å². The van der Waals surface area contributed by atoms with Crippen LogP contribution in [0.1, 0.15) is 64.2 Å². The zero-order valence-corrected chi connectivity index (χ0v) is 15.1. The fraction of sp³-hybridized carbons (Fsp3) is 0.684. The van der Waals surface area contributed by atoms with Gasteiger partial charge in [0.25, 0.3) is 0 Å². The molecule has 0 saturated carbocycles. The molecule has 6 heteroatoms. The molecule has 0 atom stereocenters. The first-order valence-corrected chi connectivity index (χ1v) is 8.88. The maximum Gasteiger partial charge on any atom is 0.309 e. The number of aliphatic carboxylic acids is 2. The van der Waals surface area contributed by atoms with E-state index in [4.69, 9.17) is 14.6 Å². The van der Waals surface area contributed by atoms with Crippen LogP contribution in [0.15, 0.2) is 25.7 Å². The van der Waals surface area contributed by atoms with Crippen molar-refractivity contribution in [3.05, 3.63) is 25.7 Å². The highest BCUT2D eigenvalue weighted by atomic mass is 16.5. The molecular formula is C19H32O6. The van der Waals surface area contributed by atoms with Gasteiger partial charge in [0.05, 0.1) is 31.2 Å². The molecule has 0 spiro atoms. The zero-order valence-electron chi connectivity index (χ0n) is 15.1. The van der Waals surface area contributed by atoms with Crippen LogP contribution in [0.4, 0.5) is 0 Å². The summed E-state index contributed by atoms with van der Waals surface area (Å²) >= 11 is 0. The maximum absolute atomic E-state index is 11.9. The summed E-state index contributed by atoms with van der Waals surface area (Å²) in [4.78, 5) is 22.8. The summed E-state index contributed by atoms with van der Waals surface area (Å²) in [7, 11) is 0. The highest BCUT2D eigenvalue weighted by Crippen LogP contribution is 2.37. The Morgan fingerprint density at radius 3 is 1.64 bits per heavy atom. The lowest BCUT2D eigenvalue weighted by atomic mass is 9.74. The van der Waals surface area contributed by atoms with Crippen molar-refractivity contribution in [3.63, 3.8) is 0 Å². The van der Waals surface area contributed by atoms with Crippen molar-refractivity contribution in [1.29, 1.82) is 0 Å². The molecule has 25 heavy (non-hydrogen) atoms. The van der Waals surface area contributed by atoms with Gasteiger partial charge in [0.15, 0.2) is 0 Å². The number of hydrogen-bond donors (Lipinski definition) is 2. The Hall–Kier alpha value is -1.98. The molecule has 0 aliphatic rings. The van der Waals surface area contributed by atoms with Gasteiger partial charge in [-0.2, -0.15) is 0 Å². The molecular weight excluding hydrogens is 324 g/mol. The molecule has 0 aromatic carbocycles. The summed E-state index contributed by atoms with van der Waals surface area (Å²) in [6, 6.07) is 0. The van der Waals surface area contributed by atoms with Gasteiger partial charge in [0, 0.05) is 6.42 Å². The molecule has 6 nitrogen and oxygen atoms in total. The summed E-state index contributed by atoms with van der Waals surface area (Å²) in [6.07, 6.45) is 8.67. The van der Waals surface area contributed by atoms with E-state index in [-0.39, 0.29) is 12.8 Å². The summed E-state index contributed by atoms with van der Waals surface area (Å²) < 4.78 is 10.1. The van der Waals surface area contributed by atoms with Crippen molar-refractivity contribution >= 4 is 11.9 Å². The Labute approximate surface area is 150 Å². The Bertz CT molecular complexity index is 385. The molecule has 0 radical (unpaired) electrons. The lowest BCUT2D eigenvalue weighted by molar-refractivity contribution is -0.151. The summed E-state index contributed by atoms with van der Waals surface area (Å²) in [5, 5.41) is 18.7. The molecule has 0 aliphatic carbocycles. The second kappa shape index (κ2) is 14.4. The molecule has 0 aliphatic heterocycles. The molecule has 0 heterocycles. The minimum absolute atomic E-state index is 0.120. The minimum Gasteiger partial charge on any atom is -0.502 e. The van der Waals surface area contributed by atoms with E-state index >= 15 is 0 Å². The third kappa shape index (κ3) is 11.2. The first-order valence-electron chi connectivity index (χ1n) is 8.88. The molecule has 144 valence electrons. The Kier molecular flexibility index (Phi) is 13.2. The molecule has 0 rings (SSSR count). The summed E-state index contributed by atoms with van der Waals surface area (Å²) in [5.74, 6) is -1.84. The van der Waals surface area contributed by atoms with E-state index in [2.05, 4.69) is 13.2 Å². The van der Waals surface area contributed by atoms with Crippen LogP contribution in [0, 0.1) is 5.41 Å².